The number of benzene rings is 1. The molecule has 9 nitrogen and oxygen atoms in total. The van der Waals surface area contributed by atoms with E-state index in [4.69, 9.17) is 9.47 Å². The number of fused-ring (bicyclic) bond motifs is 2. The summed E-state index contributed by atoms with van der Waals surface area (Å²) in [6.45, 7) is 1.21. The first-order chi connectivity index (χ1) is 14.2. The van der Waals surface area contributed by atoms with E-state index in [0.717, 1.165) is 16.7 Å². The van der Waals surface area contributed by atoms with Crippen LogP contribution in [0.3, 0.4) is 0 Å². The van der Waals surface area contributed by atoms with Gasteiger partial charge in [-0.1, -0.05) is 6.07 Å². The zero-order valence-electron chi connectivity index (χ0n) is 16.3. The molecule has 29 heavy (non-hydrogen) atoms. The van der Waals surface area contributed by atoms with Gasteiger partial charge in [0.05, 0.1) is 19.7 Å². The molecule has 150 valence electrons. The fourth-order valence-corrected chi connectivity index (χ4v) is 3.28. The maximum atomic E-state index is 12.2. The molecule has 1 N–H and O–H groups in total. The van der Waals surface area contributed by atoms with Gasteiger partial charge < -0.3 is 19.4 Å². The van der Waals surface area contributed by atoms with Crippen molar-refractivity contribution in [3.05, 3.63) is 48.4 Å². The normalized spacial score (nSPS) is 11.1. The van der Waals surface area contributed by atoms with Crippen molar-refractivity contribution in [2.24, 2.45) is 0 Å². The molecule has 0 radical (unpaired) electrons. The SMILES string of the molecule is COc1ccc2nnc(CCC(=O)NCCn3ccc4c(OC)cccc43)n2n1. The van der Waals surface area contributed by atoms with Gasteiger partial charge in [-0.3, -0.25) is 4.79 Å². The number of methoxy groups -OCH3 is 2. The van der Waals surface area contributed by atoms with Gasteiger partial charge in [0.25, 0.3) is 0 Å². The first kappa shape index (κ1) is 18.7. The van der Waals surface area contributed by atoms with Crippen LogP contribution in [0.25, 0.3) is 16.6 Å². The number of carbonyl (C=O) groups excluding carboxylic acids is 1. The van der Waals surface area contributed by atoms with Gasteiger partial charge in [-0.25, -0.2) is 0 Å². The van der Waals surface area contributed by atoms with E-state index in [-0.39, 0.29) is 5.91 Å². The lowest BCUT2D eigenvalue weighted by molar-refractivity contribution is -0.121. The van der Waals surface area contributed by atoms with E-state index >= 15 is 0 Å². The Hall–Kier alpha value is -3.62. The molecule has 0 fully saturated rings. The molecule has 0 spiro atoms. The van der Waals surface area contributed by atoms with E-state index < -0.39 is 0 Å². The summed E-state index contributed by atoms with van der Waals surface area (Å²) in [6, 6.07) is 11.5. The number of hydrogen-bond donors (Lipinski definition) is 1. The highest BCUT2D eigenvalue weighted by Crippen LogP contribution is 2.25. The second-order valence-electron chi connectivity index (χ2n) is 6.51. The van der Waals surface area contributed by atoms with E-state index in [1.54, 1.807) is 30.9 Å². The van der Waals surface area contributed by atoms with Crippen LogP contribution in [-0.4, -0.2) is 51.1 Å². The van der Waals surface area contributed by atoms with E-state index in [1.165, 1.54) is 0 Å². The number of aryl methyl sites for hydroxylation is 1. The zero-order valence-corrected chi connectivity index (χ0v) is 16.3. The van der Waals surface area contributed by atoms with Gasteiger partial charge in [0.1, 0.15) is 5.75 Å². The van der Waals surface area contributed by atoms with Crippen LogP contribution in [0.15, 0.2) is 42.6 Å². The lowest BCUT2D eigenvalue weighted by atomic mass is 10.2. The molecule has 1 amide bonds. The molecule has 0 unspecified atom stereocenters. The molecule has 9 heteroatoms. The number of carbonyl (C=O) groups is 1. The van der Waals surface area contributed by atoms with Crippen LogP contribution in [0.5, 0.6) is 11.6 Å². The van der Waals surface area contributed by atoms with Gasteiger partial charge >= 0.3 is 0 Å². The Morgan fingerprint density at radius 1 is 1.10 bits per heavy atom. The van der Waals surface area contributed by atoms with Gasteiger partial charge in [-0.05, 0) is 24.3 Å². The summed E-state index contributed by atoms with van der Waals surface area (Å²) < 4.78 is 14.2. The van der Waals surface area contributed by atoms with Crippen LogP contribution in [0, 0.1) is 0 Å². The maximum absolute atomic E-state index is 12.2. The van der Waals surface area contributed by atoms with Crippen molar-refractivity contribution >= 4 is 22.5 Å². The average molecular weight is 394 g/mol. The Kier molecular flexibility index (Phi) is 5.28. The highest BCUT2D eigenvalue weighted by molar-refractivity contribution is 5.86. The highest BCUT2D eigenvalue weighted by Gasteiger charge is 2.11. The Labute approximate surface area is 167 Å². The molecule has 0 aliphatic rings. The quantitative estimate of drug-likeness (QED) is 0.490. The third kappa shape index (κ3) is 3.84. The van der Waals surface area contributed by atoms with Crippen molar-refractivity contribution in [1.29, 1.82) is 0 Å². The first-order valence-electron chi connectivity index (χ1n) is 9.33. The first-order valence-corrected chi connectivity index (χ1v) is 9.33. The average Bonchev–Trinajstić information content (AvgIpc) is 3.35. The fourth-order valence-electron chi connectivity index (χ4n) is 3.28. The van der Waals surface area contributed by atoms with Crippen LogP contribution in [0.4, 0.5) is 0 Å². The lowest BCUT2D eigenvalue weighted by Gasteiger charge is -2.08. The van der Waals surface area contributed by atoms with Crippen molar-refractivity contribution in [1.82, 2.24) is 29.7 Å². The molecular weight excluding hydrogens is 372 g/mol. The van der Waals surface area contributed by atoms with Crippen LogP contribution < -0.4 is 14.8 Å². The standard InChI is InChI=1S/C20H22N6O3/c1-28-16-5-3-4-15-14(16)10-12-25(15)13-11-21-19(27)8-6-17-22-23-18-7-9-20(29-2)24-26(17)18/h3-5,7,9-10,12H,6,8,11,13H2,1-2H3,(H,21,27). The molecule has 0 atom stereocenters. The second kappa shape index (κ2) is 8.17. The summed E-state index contributed by atoms with van der Waals surface area (Å²) >= 11 is 0. The summed E-state index contributed by atoms with van der Waals surface area (Å²) in [6.07, 6.45) is 2.75. The summed E-state index contributed by atoms with van der Waals surface area (Å²) in [4.78, 5) is 12.2. The van der Waals surface area contributed by atoms with Crippen molar-refractivity contribution < 1.29 is 14.3 Å². The number of nitrogens with one attached hydrogen (secondary N) is 1. The number of amides is 1. The molecule has 1 aromatic carbocycles. The smallest absolute Gasteiger partial charge is 0.231 e. The minimum Gasteiger partial charge on any atom is -0.496 e. The van der Waals surface area contributed by atoms with E-state index in [9.17, 15) is 4.79 Å². The van der Waals surface area contributed by atoms with Gasteiger partial charge in [-0.15, -0.1) is 15.3 Å². The van der Waals surface area contributed by atoms with Crippen molar-refractivity contribution in [2.45, 2.75) is 19.4 Å². The highest BCUT2D eigenvalue weighted by atomic mass is 16.5. The second-order valence-corrected chi connectivity index (χ2v) is 6.51. The van der Waals surface area contributed by atoms with E-state index in [1.807, 2.05) is 30.5 Å². The van der Waals surface area contributed by atoms with Crippen molar-refractivity contribution in [3.63, 3.8) is 0 Å². The number of hydrogen-bond acceptors (Lipinski definition) is 6. The monoisotopic (exact) mass is 394 g/mol. The van der Waals surface area contributed by atoms with Gasteiger partial charge in [0, 0.05) is 43.6 Å². The third-order valence-corrected chi connectivity index (χ3v) is 4.76. The van der Waals surface area contributed by atoms with E-state index in [2.05, 4.69) is 25.2 Å². The molecule has 0 bridgehead atoms. The Balaban J connectivity index is 1.32. The number of aromatic nitrogens is 5. The summed E-state index contributed by atoms with van der Waals surface area (Å²) in [5, 5.41) is 16.5. The molecule has 3 aromatic heterocycles. The molecule has 0 saturated carbocycles. The predicted octanol–water partition coefficient (Wildman–Crippen LogP) is 1.85. The predicted molar refractivity (Wildman–Crippen MR) is 107 cm³/mol. The van der Waals surface area contributed by atoms with Gasteiger partial charge in [0.2, 0.25) is 11.8 Å². The van der Waals surface area contributed by atoms with E-state index in [0.29, 0.717) is 43.3 Å². The third-order valence-electron chi connectivity index (χ3n) is 4.76. The lowest BCUT2D eigenvalue weighted by Crippen LogP contribution is -2.27. The Morgan fingerprint density at radius 2 is 2.00 bits per heavy atom. The molecule has 0 saturated heterocycles. The number of rotatable bonds is 8. The molecule has 4 aromatic rings. The van der Waals surface area contributed by atoms with Crippen LogP contribution >= 0.6 is 0 Å². The summed E-state index contributed by atoms with van der Waals surface area (Å²) in [5.74, 6) is 1.89. The van der Waals surface area contributed by atoms with Crippen LogP contribution in [0.1, 0.15) is 12.2 Å². The topological polar surface area (TPSA) is 95.6 Å². The number of nitrogens with zero attached hydrogens (tertiary/aromatic N) is 5. The molecule has 0 aliphatic heterocycles. The summed E-state index contributed by atoms with van der Waals surface area (Å²) in [7, 11) is 3.21. The largest absolute Gasteiger partial charge is 0.496 e. The fraction of sp³-hybridized carbons (Fsp3) is 0.300. The summed E-state index contributed by atoms with van der Waals surface area (Å²) in [5.41, 5.74) is 1.70. The van der Waals surface area contributed by atoms with Crippen LogP contribution in [0.2, 0.25) is 0 Å². The molecule has 3 heterocycles. The molecule has 0 aliphatic carbocycles. The van der Waals surface area contributed by atoms with Crippen LogP contribution in [-0.2, 0) is 17.8 Å². The molecular formula is C20H22N6O3. The van der Waals surface area contributed by atoms with Gasteiger partial charge in [0.15, 0.2) is 11.5 Å². The Bertz CT molecular complexity index is 1150. The minimum absolute atomic E-state index is 0.0429. The van der Waals surface area contributed by atoms with Gasteiger partial charge in [-0.2, -0.15) is 4.52 Å². The molecule has 4 rings (SSSR count). The zero-order chi connectivity index (χ0) is 20.2. The number of ether oxygens (including phenoxy) is 2. The van der Waals surface area contributed by atoms with Crippen molar-refractivity contribution in [3.8, 4) is 11.6 Å². The minimum atomic E-state index is -0.0429. The van der Waals surface area contributed by atoms with Crippen molar-refractivity contribution in [2.75, 3.05) is 20.8 Å². The Morgan fingerprint density at radius 3 is 2.83 bits per heavy atom. The maximum Gasteiger partial charge on any atom is 0.231 e.